The molecule has 0 atom stereocenters. The van der Waals surface area contributed by atoms with E-state index in [-0.39, 0.29) is 5.69 Å². The van der Waals surface area contributed by atoms with E-state index in [2.05, 4.69) is 10.3 Å². The second-order valence-electron chi connectivity index (χ2n) is 4.30. The number of nitro groups is 1. The van der Waals surface area contributed by atoms with E-state index in [1.165, 1.54) is 0 Å². The van der Waals surface area contributed by atoms with E-state index in [9.17, 15) is 10.1 Å². The zero-order valence-corrected chi connectivity index (χ0v) is 11.3. The predicted molar refractivity (Wildman–Crippen MR) is 75.9 cm³/mol. The van der Waals surface area contributed by atoms with Gasteiger partial charge >= 0.3 is 0 Å². The maximum Gasteiger partial charge on any atom is 0.292 e. The molecule has 0 aliphatic rings. The number of aryl methyl sites for hydroxylation is 1. The summed E-state index contributed by atoms with van der Waals surface area (Å²) in [7, 11) is 1.54. The molecule has 0 bridgehead atoms. The molecule has 1 heterocycles. The van der Waals surface area contributed by atoms with Crippen LogP contribution in [0.25, 0.3) is 0 Å². The second-order valence-corrected chi connectivity index (χ2v) is 4.30. The molecule has 1 N–H and O–H groups in total. The van der Waals surface area contributed by atoms with Crippen LogP contribution in [0.1, 0.15) is 11.1 Å². The summed E-state index contributed by atoms with van der Waals surface area (Å²) >= 11 is 0. The molecule has 0 fully saturated rings. The van der Waals surface area contributed by atoms with Crippen LogP contribution in [0.2, 0.25) is 0 Å². The predicted octanol–water partition coefficient (Wildman–Crippen LogP) is 2.92. The lowest BCUT2D eigenvalue weighted by Gasteiger charge is -2.10. The minimum Gasteiger partial charge on any atom is -0.481 e. The molecule has 0 saturated carbocycles. The zero-order chi connectivity index (χ0) is 14.5. The van der Waals surface area contributed by atoms with Crippen LogP contribution in [0.15, 0.2) is 36.5 Å². The molecule has 0 radical (unpaired) electrons. The van der Waals surface area contributed by atoms with Gasteiger partial charge in [-0.05, 0) is 24.6 Å². The van der Waals surface area contributed by atoms with Crippen LogP contribution in [0.3, 0.4) is 0 Å². The molecule has 2 aromatic rings. The van der Waals surface area contributed by atoms with E-state index in [1.54, 1.807) is 31.5 Å². The van der Waals surface area contributed by atoms with Crippen molar-refractivity contribution in [2.45, 2.75) is 13.5 Å². The first-order chi connectivity index (χ1) is 9.61. The SMILES string of the molecule is COc1ncccc1CNc1ccc(C)cc1[N+](=O)[O-]. The highest BCUT2D eigenvalue weighted by Crippen LogP contribution is 2.26. The van der Waals surface area contributed by atoms with E-state index in [1.807, 2.05) is 19.1 Å². The third-order valence-corrected chi connectivity index (χ3v) is 2.86. The number of benzene rings is 1. The Balaban J connectivity index is 2.21. The molecule has 0 aliphatic heterocycles. The lowest BCUT2D eigenvalue weighted by Crippen LogP contribution is -2.05. The van der Waals surface area contributed by atoms with Crippen LogP contribution in [-0.4, -0.2) is 17.0 Å². The number of methoxy groups -OCH3 is 1. The van der Waals surface area contributed by atoms with Crippen molar-refractivity contribution in [1.29, 1.82) is 0 Å². The Bertz CT molecular complexity index is 629. The van der Waals surface area contributed by atoms with Crippen molar-refractivity contribution in [3.05, 3.63) is 57.8 Å². The van der Waals surface area contributed by atoms with Crippen molar-refractivity contribution in [2.75, 3.05) is 12.4 Å². The van der Waals surface area contributed by atoms with Gasteiger partial charge in [0.25, 0.3) is 5.69 Å². The number of ether oxygens (including phenoxy) is 1. The molecule has 2 rings (SSSR count). The molecule has 104 valence electrons. The maximum atomic E-state index is 11.0. The molecule has 0 spiro atoms. The third kappa shape index (κ3) is 3.03. The highest BCUT2D eigenvalue weighted by molar-refractivity contribution is 5.62. The Labute approximate surface area is 116 Å². The van der Waals surface area contributed by atoms with Gasteiger partial charge in [0.05, 0.1) is 12.0 Å². The summed E-state index contributed by atoms with van der Waals surface area (Å²) in [4.78, 5) is 14.7. The number of anilines is 1. The summed E-state index contributed by atoms with van der Waals surface area (Å²) in [6, 6.07) is 8.73. The number of aromatic nitrogens is 1. The first-order valence-electron chi connectivity index (χ1n) is 6.08. The molecule has 0 aliphatic carbocycles. The van der Waals surface area contributed by atoms with Crippen LogP contribution < -0.4 is 10.1 Å². The molecule has 0 unspecified atom stereocenters. The topological polar surface area (TPSA) is 77.3 Å². The summed E-state index contributed by atoms with van der Waals surface area (Å²) in [5, 5.41) is 14.1. The molecule has 0 amide bonds. The second kappa shape index (κ2) is 6.01. The standard InChI is InChI=1S/C14H15N3O3/c1-10-5-6-12(13(8-10)17(18)19)16-9-11-4-3-7-15-14(11)20-2/h3-8,16H,9H2,1-2H3. The van der Waals surface area contributed by atoms with Gasteiger partial charge in [-0.25, -0.2) is 4.98 Å². The van der Waals surface area contributed by atoms with E-state index < -0.39 is 4.92 Å². The van der Waals surface area contributed by atoms with E-state index >= 15 is 0 Å². The van der Waals surface area contributed by atoms with Gasteiger partial charge in [-0.2, -0.15) is 0 Å². The summed E-state index contributed by atoms with van der Waals surface area (Å²) in [5.41, 5.74) is 2.23. The van der Waals surface area contributed by atoms with Crippen molar-refractivity contribution in [2.24, 2.45) is 0 Å². The highest BCUT2D eigenvalue weighted by Gasteiger charge is 2.14. The van der Waals surface area contributed by atoms with Crippen molar-refractivity contribution in [3.8, 4) is 5.88 Å². The Morgan fingerprint density at radius 2 is 2.20 bits per heavy atom. The molecular weight excluding hydrogens is 258 g/mol. The fourth-order valence-corrected chi connectivity index (χ4v) is 1.88. The number of nitrogens with zero attached hydrogens (tertiary/aromatic N) is 2. The normalized spacial score (nSPS) is 10.1. The van der Waals surface area contributed by atoms with Gasteiger partial charge in [-0.3, -0.25) is 10.1 Å². The number of hydrogen-bond donors (Lipinski definition) is 1. The number of rotatable bonds is 5. The van der Waals surface area contributed by atoms with E-state index in [0.29, 0.717) is 18.1 Å². The summed E-state index contributed by atoms with van der Waals surface area (Å²) in [5.74, 6) is 0.509. The number of hydrogen-bond acceptors (Lipinski definition) is 5. The molecule has 1 aromatic heterocycles. The Morgan fingerprint density at radius 1 is 1.40 bits per heavy atom. The number of nitro benzene ring substituents is 1. The van der Waals surface area contributed by atoms with Gasteiger partial charge in [0.1, 0.15) is 5.69 Å². The summed E-state index contributed by atoms with van der Waals surface area (Å²) in [6.45, 7) is 2.22. The summed E-state index contributed by atoms with van der Waals surface area (Å²) in [6.07, 6.45) is 1.64. The van der Waals surface area contributed by atoms with Gasteiger partial charge in [0.15, 0.2) is 0 Å². The minimum absolute atomic E-state index is 0.0628. The number of nitrogens with one attached hydrogen (secondary N) is 1. The molecule has 1 aromatic carbocycles. The van der Waals surface area contributed by atoms with Crippen LogP contribution in [0.4, 0.5) is 11.4 Å². The zero-order valence-electron chi connectivity index (χ0n) is 11.3. The van der Waals surface area contributed by atoms with Gasteiger partial charge in [-0.1, -0.05) is 12.1 Å². The van der Waals surface area contributed by atoms with Crippen molar-refractivity contribution in [1.82, 2.24) is 4.98 Å². The van der Waals surface area contributed by atoms with Gasteiger partial charge in [-0.15, -0.1) is 0 Å². The third-order valence-electron chi connectivity index (χ3n) is 2.86. The van der Waals surface area contributed by atoms with E-state index in [0.717, 1.165) is 11.1 Å². The molecule has 0 saturated heterocycles. The van der Waals surface area contributed by atoms with Crippen LogP contribution in [0, 0.1) is 17.0 Å². The van der Waals surface area contributed by atoms with Crippen LogP contribution in [0.5, 0.6) is 5.88 Å². The van der Waals surface area contributed by atoms with Crippen LogP contribution >= 0.6 is 0 Å². The smallest absolute Gasteiger partial charge is 0.292 e. The van der Waals surface area contributed by atoms with Gasteiger partial charge in [0.2, 0.25) is 5.88 Å². The average molecular weight is 273 g/mol. The Morgan fingerprint density at radius 3 is 2.90 bits per heavy atom. The lowest BCUT2D eigenvalue weighted by atomic mass is 10.2. The van der Waals surface area contributed by atoms with Crippen molar-refractivity contribution < 1.29 is 9.66 Å². The largest absolute Gasteiger partial charge is 0.481 e. The Hall–Kier alpha value is -2.63. The number of pyridine rings is 1. The van der Waals surface area contributed by atoms with Crippen molar-refractivity contribution in [3.63, 3.8) is 0 Å². The first-order valence-corrected chi connectivity index (χ1v) is 6.08. The molecule has 6 heteroatoms. The molecule has 6 nitrogen and oxygen atoms in total. The molecule has 20 heavy (non-hydrogen) atoms. The average Bonchev–Trinajstić information content (AvgIpc) is 2.46. The fraction of sp³-hybridized carbons (Fsp3) is 0.214. The van der Waals surface area contributed by atoms with Gasteiger partial charge < -0.3 is 10.1 Å². The highest BCUT2D eigenvalue weighted by atomic mass is 16.6. The quantitative estimate of drug-likeness (QED) is 0.669. The van der Waals surface area contributed by atoms with Crippen LogP contribution in [-0.2, 0) is 6.54 Å². The monoisotopic (exact) mass is 273 g/mol. The van der Waals surface area contributed by atoms with E-state index in [4.69, 9.17) is 4.74 Å². The molecular formula is C14H15N3O3. The van der Waals surface area contributed by atoms with Gasteiger partial charge in [0, 0.05) is 24.4 Å². The minimum atomic E-state index is -0.393. The lowest BCUT2D eigenvalue weighted by molar-refractivity contribution is -0.384. The summed E-state index contributed by atoms with van der Waals surface area (Å²) < 4.78 is 5.15. The maximum absolute atomic E-state index is 11.0. The Kier molecular flexibility index (Phi) is 4.14. The first kappa shape index (κ1) is 13.8. The van der Waals surface area contributed by atoms with Crippen molar-refractivity contribution >= 4 is 11.4 Å². The fourth-order valence-electron chi connectivity index (χ4n) is 1.88.